The van der Waals surface area contributed by atoms with Gasteiger partial charge in [-0.3, -0.25) is 4.79 Å². The molecule has 0 spiro atoms. The second kappa shape index (κ2) is 5.95. The van der Waals surface area contributed by atoms with E-state index in [1.54, 1.807) is 13.2 Å². The van der Waals surface area contributed by atoms with Gasteiger partial charge in [0, 0.05) is 24.5 Å². The van der Waals surface area contributed by atoms with Crippen molar-refractivity contribution in [3.63, 3.8) is 0 Å². The van der Waals surface area contributed by atoms with E-state index in [0.717, 1.165) is 5.56 Å². The Balaban J connectivity index is 3.11. The molecule has 1 rings (SSSR count). The minimum Gasteiger partial charge on any atom is -0.497 e. The van der Waals surface area contributed by atoms with Crippen molar-refractivity contribution >= 4 is 11.6 Å². The van der Waals surface area contributed by atoms with E-state index in [1.165, 1.54) is 6.92 Å². The number of rotatable bonds is 2. The molecule has 17 heavy (non-hydrogen) atoms. The summed E-state index contributed by atoms with van der Waals surface area (Å²) in [7, 11) is 1.59. The monoisotopic (exact) mass is 231 g/mol. The van der Waals surface area contributed by atoms with E-state index >= 15 is 0 Å². The number of nitrogens with one attached hydrogen (secondary N) is 1. The molecule has 0 saturated heterocycles. The maximum Gasteiger partial charge on any atom is 0.221 e. The number of ether oxygens (including phenoxy) is 1. The number of hydrogen-bond acceptors (Lipinski definition) is 2. The van der Waals surface area contributed by atoms with Gasteiger partial charge in [0.15, 0.2) is 0 Å². The fourth-order valence-electron chi connectivity index (χ4n) is 1.27. The number of carbonyl (C=O) groups excluding carboxylic acids is 1. The molecule has 1 amide bonds. The topological polar surface area (TPSA) is 38.3 Å². The van der Waals surface area contributed by atoms with Gasteiger partial charge < -0.3 is 10.1 Å². The lowest BCUT2D eigenvalue weighted by Gasteiger charge is -2.07. The van der Waals surface area contributed by atoms with E-state index in [0.29, 0.717) is 17.4 Å². The zero-order valence-electron chi connectivity index (χ0n) is 10.6. The van der Waals surface area contributed by atoms with Gasteiger partial charge in [-0.1, -0.05) is 25.7 Å². The molecular weight excluding hydrogens is 214 g/mol. The molecule has 0 heterocycles. The molecule has 3 nitrogen and oxygen atoms in total. The van der Waals surface area contributed by atoms with Crippen LogP contribution in [0, 0.1) is 17.8 Å². The van der Waals surface area contributed by atoms with Gasteiger partial charge >= 0.3 is 0 Å². The van der Waals surface area contributed by atoms with E-state index in [-0.39, 0.29) is 5.91 Å². The summed E-state index contributed by atoms with van der Waals surface area (Å²) in [5.41, 5.74) is 1.49. The summed E-state index contributed by atoms with van der Waals surface area (Å²) >= 11 is 0. The summed E-state index contributed by atoms with van der Waals surface area (Å²) in [6.07, 6.45) is 0. The zero-order valence-corrected chi connectivity index (χ0v) is 10.6. The Morgan fingerprint density at radius 2 is 2.12 bits per heavy atom. The molecule has 0 unspecified atom stereocenters. The van der Waals surface area contributed by atoms with Crippen molar-refractivity contribution in [2.75, 3.05) is 12.4 Å². The number of amides is 1. The molecule has 1 aromatic carbocycles. The van der Waals surface area contributed by atoms with Crippen LogP contribution in [-0.2, 0) is 4.79 Å². The average molecular weight is 231 g/mol. The van der Waals surface area contributed by atoms with Crippen molar-refractivity contribution in [2.45, 2.75) is 20.8 Å². The van der Waals surface area contributed by atoms with Crippen LogP contribution in [0.25, 0.3) is 0 Å². The lowest BCUT2D eigenvalue weighted by molar-refractivity contribution is -0.114. The van der Waals surface area contributed by atoms with Crippen molar-refractivity contribution in [3.8, 4) is 17.6 Å². The van der Waals surface area contributed by atoms with Crippen LogP contribution in [0.3, 0.4) is 0 Å². The second-order valence-corrected chi connectivity index (χ2v) is 4.02. The molecule has 0 radical (unpaired) electrons. The molecular formula is C14H17NO2. The first-order valence-electron chi connectivity index (χ1n) is 5.50. The first-order chi connectivity index (χ1) is 8.02. The van der Waals surface area contributed by atoms with Crippen LogP contribution in [0.15, 0.2) is 18.2 Å². The standard InChI is InChI=1S/C14H17NO2/c1-10(2)5-6-12-7-8-13(17-4)9-14(12)15-11(3)16/h7-10H,1-4H3,(H,15,16). The van der Waals surface area contributed by atoms with Crippen LogP contribution in [0.1, 0.15) is 26.3 Å². The molecule has 0 saturated carbocycles. The van der Waals surface area contributed by atoms with Gasteiger partial charge in [-0.15, -0.1) is 0 Å². The molecule has 1 aromatic rings. The van der Waals surface area contributed by atoms with Gasteiger partial charge in [0.25, 0.3) is 0 Å². The Morgan fingerprint density at radius 3 is 2.65 bits per heavy atom. The molecule has 0 aliphatic rings. The van der Waals surface area contributed by atoms with Crippen molar-refractivity contribution in [3.05, 3.63) is 23.8 Å². The zero-order chi connectivity index (χ0) is 12.8. The number of benzene rings is 1. The van der Waals surface area contributed by atoms with Crippen molar-refractivity contribution in [2.24, 2.45) is 5.92 Å². The number of carbonyl (C=O) groups is 1. The molecule has 1 N–H and O–H groups in total. The molecule has 0 atom stereocenters. The predicted molar refractivity (Wildman–Crippen MR) is 69.0 cm³/mol. The van der Waals surface area contributed by atoms with Crippen molar-refractivity contribution in [1.82, 2.24) is 0 Å². The highest BCUT2D eigenvalue weighted by Crippen LogP contribution is 2.21. The molecule has 90 valence electrons. The Kier molecular flexibility index (Phi) is 4.59. The molecule has 0 bridgehead atoms. The van der Waals surface area contributed by atoms with Crippen LogP contribution in [0.4, 0.5) is 5.69 Å². The van der Waals surface area contributed by atoms with Gasteiger partial charge in [0.05, 0.1) is 12.8 Å². The Labute approximate surface area is 102 Å². The summed E-state index contributed by atoms with van der Waals surface area (Å²) in [6.45, 7) is 5.52. The quantitative estimate of drug-likeness (QED) is 0.795. The Morgan fingerprint density at radius 1 is 1.41 bits per heavy atom. The van der Waals surface area contributed by atoms with E-state index in [1.807, 2.05) is 26.0 Å². The molecule has 3 heteroatoms. The van der Waals surface area contributed by atoms with Crippen molar-refractivity contribution in [1.29, 1.82) is 0 Å². The van der Waals surface area contributed by atoms with Crippen LogP contribution in [0.5, 0.6) is 5.75 Å². The first kappa shape index (κ1) is 13.1. The summed E-state index contributed by atoms with van der Waals surface area (Å²) in [5.74, 6) is 6.99. The third-order valence-corrected chi connectivity index (χ3v) is 2.03. The van der Waals surface area contributed by atoms with E-state index in [4.69, 9.17) is 4.74 Å². The van der Waals surface area contributed by atoms with E-state index in [9.17, 15) is 4.79 Å². The largest absolute Gasteiger partial charge is 0.497 e. The lowest BCUT2D eigenvalue weighted by atomic mass is 10.1. The van der Waals surface area contributed by atoms with Gasteiger partial charge in [-0.05, 0) is 12.1 Å². The Hall–Kier alpha value is -1.95. The maximum atomic E-state index is 11.1. The Bertz CT molecular complexity index is 467. The average Bonchev–Trinajstić information content (AvgIpc) is 2.26. The molecule has 0 aromatic heterocycles. The highest BCUT2D eigenvalue weighted by Gasteiger charge is 2.04. The molecule has 0 fully saturated rings. The highest BCUT2D eigenvalue weighted by atomic mass is 16.5. The van der Waals surface area contributed by atoms with Gasteiger partial charge in [-0.25, -0.2) is 0 Å². The normalized spacial score (nSPS) is 9.47. The first-order valence-corrected chi connectivity index (χ1v) is 5.50. The number of hydrogen-bond donors (Lipinski definition) is 1. The van der Waals surface area contributed by atoms with Gasteiger partial charge in [-0.2, -0.15) is 0 Å². The summed E-state index contributed by atoms with van der Waals surface area (Å²) in [4.78, 5) is 11.1. The summed E-state index contributed by atoms with van der Waals surface area (Å²) < 4.78 is 5.12. The fraction of sp³-hybridized carbons (Fsp3) is 0.357. The predicted octanol–water partition coefficient (Wildman–Crippen LogP) is 2.66. The number of methoxy groups -OCH3 is 1. The second-order valence-electron chi connectivity index (χ2n) is 4.02. The molecule has 0 aliphatic carbocycles. The van der Waals surface area contributed by atoms with Crippen molar-refractivity contribution < 1.29 is 9.53 Å². The van der Waals surface area contributed by atoms with Gasteiger partial charge in [0.1, 0.15) is 5.75 Å². The van der Waals surface area contributed by atoms with Crippen LogP contribution < -0.4 is 10.1 Å². The van der Waals surface area contributed by atoms with E-state index in [2.05, 4.69) is 17.2 Å². The fourth-order valence-corrected chi connectivity index (χ4v) is 1.27. The molecule has 0 aliphatic heterocycles. The highest BCUT2D eigenvalue weighted by molar-refractivity contribution is 5.90. The van der Waals surface area contributed by atoms with E-state index < -0.39 is 0 Å². The minimum absolute atomic E-state index is 0.120. The smallest absolute Gasteiger partial charge is 0.221 e. The lowest BCUT2D eigenvalue weighted by Crippen LogP contribution is -2.07. The minimum atomic E-state index is -0.120. The third kappa shape index (κ3) is 4.20. The van der Waals surface area contributed by atoms with Crippen LogP contribution in [-0.4, -0.2) is 13.0 Å². The van der Waals surface area contributed by atoms with Crippen LogP contribution >= 0.6 is 0 Å². The maximum absolute atomic E-state index is 11.1. The summed E-state index contributed by atoms with van der Waals surface area (Å²) in [6, 6.07) is 5.45. The third-order valence-electron chi connectivity index (χ3n) is 2.03. The summed E-state index contributed by atoms with van der Waals surface area (Å²) in [5, 5.41) is 2.75. The van der Waals surface area contributed by atoms with Gasteiger partial charge in [0.2, 0.25) is 5.91 Å². The van der Waals surface area contributed by atoms with Crippen LogP contribution in [0.2, 0.25) is 0 Å². The number of anilines is 1. The SMILES string of the molecule is COc1ccc(C#CC(C)C)c(NC(C)=O)c1.